The first kappa shape index (κ1) is 18.2. The summed E-state index contributed by atoms with van der Waals surface area (Å²) in [6, 6.07) is 18.7. The van der Waals surface area contributed by atoms with Crippen molar-refractivity contribution in [3.05, 3.63) is 85.1 Å². The van der Waals surface area contributed by atoms with Gasteiger partial charge in [0.2, 0.25) is 0 Å². The summed E-state index contributed by atoms with van der Waals surface area (Å²) in [5.74, 6) is -0.303. The molecule has 5 rings (SSSR count). The molecular formula is C25H19FN4. The Bertz CT molecular complexity index is 1390. The van der Waals surface area contributed by atoms with Crippen molar-refractivity contribution in [3.8, 4) is 22.4 Å². The van der Waals surface area contributed by atoms with Crippen LogP contribution >= 0.6 is 0 Å². The van der Waals surface area contributed by atoms with Crippen molar-refractivity contribution in [1.29, 1.82) is 0 Å². The van der Waals surface area contributed by atoms with Crippen LogP contribution in [0.1, 0.15) is 0 Å². The Balaban J connectivity index is 1.86. The Morgan fingerprint density at radius 2 is 1.63 bits per heavy atom. The highest BCUT2D eigenvalue weighted by molar-refractivity contribution is 6.08. The van der Waals surface area contributed by atoms with E-state index in [0.29, 0.717) is 16.9 Å². The number of fused-ring (bicyclic) bond motifs is 2. The lowest BCUT2D eigenvalue weighted by Crippen LogP contribution is -2.09. The minimum atomic E-state index is -0.303. The van der Waals surface area contributed by atoms with Gasteiger partial charge in [0.15, 0.2) is 5.65 Å². The highest BCUT2D eigenvalue weighted by Crippen LogP contribution is 2.38. The standard InChI is InChI=1S/C25H19FN4/c1-30(2)24-10-9-16(17-11-13-27-15-21(17)24)20-14-23(19-6-3-4-8-22(19)26)29-25-18(20)7-5-12-28-25/h3-15H,1-2H3. The third-order valence-corrected chi connectivity index (χ3v) is 5.30. The van der Waals surface area contributed by atoms with Gasteiger partial charge in [-0.2, -0.15) is 0 Å². The molecule has 2 aromatic carbocycles. The molecule has 3 heterocycles. The zero-order valence-corrected chi connectivity index (χ0v) is 16.7. The molecule has 0 aliphatic carbocycles. The number of hydrogen-bond donors (Lipinski definition) is 0. The van der Waals surface area contributed by atoms with E-state index in [4.69, 9.17) is 0 Å². The first-order valence-corrected chi connectivity index (χ1v) is 9.68. The fourth-order valence-electron chi connectivity index (χ4n) is 3.89. The molecule has 30 heavy (non-hydrogen) atoms. The molecule has 0 radical (unpaired) electrons. The average molecular weight is 394 g/mol. The first-order valence-electron chi connectivity index (χ1n) is 9.68. The van der Waals surface area contributed by atoms with Crippen LogP contribution < -0.4 is 4.90 Å². The third-order valence-electron chi connectivity index (χ3n) is 5.30. The van der Waals surface area contributed by atoms with Gasteiger partial charge < -0.3 is 4.90 Å². The second kappa shape index (κ2) is 7.19. The normalized spacial score (nSPS) is 11.2. The van der Waals surface area contributed by atoms with Gasteiger partial charge in [-0.3, -0.25) is 4.98 Å². The molecule has 0 bridgehead atoms. The predicted molar refractivity (Wildman–Crippen MR) is 120 cm³/mol. The smallest absolute Gasteiger partial charge is 0.160 e. The number of nitrogens with zero attached hydrogens (tertiary/aromatic N) is 4. The molecule has 0 fully saturated rings. The minimum Gasteiger partial charge on any atom is -0.377 e. The van der Waals surface area contributed by atoms with Gasteiger partial charge in [0, 0.05) is 54.7 Å². The van der Waals surface area contributed by atoms with Crippen molar-refractivity contribution in [2.75, 3.05) is 19.0 Å². The summed E-state index contributed by atoms with van der Waals surface area (Å²) in [5, 5.41) is 3.06. The molecule has 4 nitrogen and oxygen atoms in total. The van der Waals surface area contributed by atoms with Crippen molar-refractivity contribution in [2.24, 2.45) is 0 Å². The molecule has 0 saturated carbocycles. The minimum absolute atomic E-state index is 0.303. The van der Waals surface area contributed by atoms with Crippen molar-refractivity contribution in [2.45, 2.75) is 0 Å². The van der Waals surface area contributed by atoms with Crippen LogP contribution in [0.2, 0.25) is 0 Å². The summed E-state index contributed by atoms with van der Waals surface area (Å²) in [4.78, 5) is 15.5. The van der Waals surface area contributed by atoms with Crippen LogP contribution in [0.15, 0.2) is 79.3 Å². The largest absolute Gasteiger partial charge is 0.377 e. The van der Waals surface area contributed by atoms with E-state index in [1.807, 2.05) is 50.6 Å². The van der Waals surface area contributed by atoms with Gasteiger partial charge in [-0.15, -0.1) is 0 Å². The van der Waals surface area contributed by atoms with Crippen LogP contribution in [0.25, 0.3) is 44.2 Å². The Kier molecular flexibility index (Phi) is 4.36. The summed E-state index contributed by atoms with van der Waals surface area (Å²) in [6.07, 6.45) is 5.39. The fraction of sp³-hybridized carbons (Fsp3) is 0.0800. The van der Waals surface area contributed by atoms with Crippen molar-refractivity contribution >= 4 is 27.5 Å². The zero-order chi connectivity index (χ0) is 20.7. The van der Waals surface area contributed by atoms with Gasteiger partial charge in [0.1, 0.15) is 5.82 Å². The zero-order valence-electron chi connectivity index (χ0n) is 16.7. The van der Waals surface area contributed by atoms with Gasteiger partial charge in [-0.1, -0.05) is 18.2 Å². The second-order valence-corrected chi connectivity index (χ2v) is 7.36. The number of pyridine rings is 3. The summed E-state index contributed by atoms with van der Waals surface area (Å²) in [7, 11) is 4.03. The molecule has 0 spiro atoms. The van der Waals surface area contributed by atoms with E-state index in [-0.39, 0.29) is 5.82 Å². The summed E-state index contributed by atoms with van der Waals surface area (Å²) in [5.41, 5.74) is 4.71. The van der Waals surface area contributed by atoms with E-state index >= 15 is 0 Å². The number of hydrogen-bond acceptors (Lipinski definition) is 4. The fourth-order valence-corrected chi connectivity index (χ4v) is 3.89. The molecule has 0 saturated heterocycles. The number of halogens is 1. The molecule has 146 valence electrons. The molecule has 5 heteroatoms. The number of rotatable bonds is 3. The molecule has 0 N–H and O–H groups in total. The SMILES string of the molecule is CN(C)c1ccc(-c2cc(-c3ccccc3F)nc3ncccc23)c2ccncc12. The maximum atomic E-state index is 14.5. The highest BCUT2D eigenvalue weighted by atomic mass is 19.1. The van der Waals surface area contributed by atoms with Crippen LogP contribution in [-0.4, -0.2) is 29.0 Å². The van der Waals surface area contributed by atoms with E-state index in [1.165, 1.54) is 6.07 Å². The first-order chi connectivity index (χ1) is 14.6. The summed E-state index contributed by atoms with van der Waals surface area (Å²) >= 11 is 0. The summed E-state index contributed by atoms with van der Waals surface area (Å²) < 4.78 is 14.5. The molecule has 0 atom stereocenters. The molecule has 0 unspecified atom stereocenters. The van der Waals surface area contributed by atoms with E-state index in [1.54, 1.807) is 24.5 Å². The monoisotopic (exact) mass is 394 g/mol. The van der Waals surface area contributed by atoms with E-state index in [9.17, 15) is 4.39 Å². The van der Waals surface area contributed by atoms with Gasteiger partial charge in [-0.25, -0.2) is 14.4 Å². The van der Waals surface area contributed by atoms with Gasteiger partial charge in [-0.05, 0) is 59.0 Å². The van der Waals surface area contributed by atoms with E-state index < -0.39 is 0 Å². The molecule has 0 amide bonds. The Labute approximate surface area is 173 Å². The summed E-state index contributed by atoms with van der Waals surface area (Å²) in [6.45, 7) is 0. The quantitative estimate of drug-likeness (QED) is 0.393. The number of aromatic nitrogens is 3. The van der Waals surface area contributed by atoms with Gasteiger partial charge in [0.25, 0.3) is 0 Å². The van der Waals surface area contributed by atoms with Crippen LogP contribution in [0.3, 0.4) is 0 Å². The topological polar surface area (TPSA) is 41.9 Å². The molecule has 0 aliphatic rings. The number of benzene rings is 2. The lowest BCUT2D eigenvalue weighted by Gasteiger charge is -2.18. The average Bonchev–Trinajstić information content (AvgIpc) is 2.78. The van der Waals surface area contributed by atoms with Crippen LogP contribution in [0, 0.1) is 5.82 Å². The van der Waals surface area contributed by atoms with Crippen molar-refractivity contribution in [1.82, 2.24) is 15.0 Å². The second-order valence-electron chi connectivity index (χ2n) is 7.36. The number of anilines is 1. The van der Waals surface area contributed by atoms with Crippen molar-refractivity contribution in [3.63, 3.8) is 0 Å². The molecule has 5 aromatic rings. The van der Waals surface area contributed by atoms with Crippen LogP contribution in [0.4, 0.5) is 10.1 Å². The molecule has 0 aliphatic heterocycles. The van der Waals surface area contributed by atoms with Gasteiger partial charge >= 0.3 is 0 Å². The van der Waals surface area contributed by atoms with Crippen LogP contribution in [0.5, 0.6) is 0 Å². The predicted octanol–water partition coefficient (Wildman–Crippen LogP) is 5.72. The van der Waals surface area contributed by atoms with Crippen molar-refractivity contribution < 1.29 is 4.39 Å². The van der Waals surface area contributed by atoms with E-state index in [2.05, 4.69) is 32.0 Å². The Morgan fingerprint density at radius 1 is 0.767 bits per heavy atom. The van der Waals surface area contributed by atoms with Crippen LogP contribution in [-0.2, 0) is 0 Å². The lowest BCUT2D eigenvalue weighted by molar-refractivity contribution is 0.631. The Hall–Kier alpha value is -3.86. The molecular weight excluding hydrogens is 375 g/mol. The molecule has 3 aromatic heterocycles. The third kappa shape index (κ3) is 2.95. The maximum absolute atomic E-state index is 14.5. The lowest BCUT2D eigenvalue weighted by atomic mass is 9.94. The van der Waals surface area contributed by atoms with Gasteiger partial charge in [0.05, 0.1) is 5.69 Å². The highest BCUT2D eigenvalue weighted by Gasteiger charge is 2.16. The Morgan fingerprint density at radius 3 is 2.47 bits per heavy atom. The maximum Gasteiger partial charge on any atom is 0.160 e. The van der Waals surface area contributed by atoms with E-state index in [0.717, 1.165) is 33.0 Å².